The number of urea groups is 1. The van der Waals surface area contributed by atoms with Gasteiger partial charge in [0, 0.05) is 6.54 Å². The minimum Gasteiger partial charge on any atom is -0.435 e. The molecule has 0 radical (unpaired) electrons. The number of imide groups is 1. The van der Waals surface area contributed by atoms with Crippen LogP contribution >= 0.6 is 0 Å². The van der Waals surface area contributed by atoms with E-state index in [2.05, 4.69) is 36.1 Å². The molecule has 1 saturated heterocycles. The number of nitrogens with one attached hydrogen (secondary N) is 2. The molecule has 0 unspecified atom stereocenters. The number of ether oxygens (including phenoxy) is 1. The summed E-state index contributed by atoms with van der Waals surface area (Å²) < 4.78 is 28.7. The van der Waals surface area contributed by atoms with Gasteiger partial charge in [-0.2, -0.15) is 8.78 Å². The van der Waals surface area contributed by atoms with Gasteiger partial charge in [-0.1, -0.05) is 39.3 Å². The Bertz CT molecular complexity index is 849. The number of rotatable bonds is 8. The largest absolute Gasteiger partial charge is 0.435 e. The second-order valence-corrected chi connectivity index (χ2v) is 9.32. The number of benzene rings is 1. The highest BCUT2D eigenvalue weighted by Gasteiger charge is 2.53. The van der Waals surface area contributed by atoms with Crippen LogP contribution in [0.15, 0.2) is 24.3 Å². The van der Waals surface area contributed by atoms with Crippen molar-refractivity contribution < 1.29 is 27.9 Å². The fourth-order valence-corrected chi connectivity index (χ4v) is 4.53. The molecule has 1 saturated carbocycles. The van der Waals surface area contributed by atoms with Crippen molar-refractivity contribution in [2.24, 2.45) is 11.3 Å². The van der Waals surface area contributed by atoms with E-state index in [1.807, 2.05) is 0 Å². The number of hydrogen-bond donors (Lipinski definition) is 2. The maximum absolute atomic E-state index is 13.0. The van der Waals surface area contributed by atoms with Crippen LogP contribution < -0.4 is 15.4 Å². The number of carbonyl (C=O) groups excluding carboxylic acids is 3. The van der Waals surface area contributed by atoms with Gasteiger partial charge in [-0.3, -0.25) is 14.5 Å². The predicted octanol–water partition coefficient (Wildman–Crippen LogP) is 3.82. The summed E-state index contributed by atoms with van der Waals surface area (Å²) >= 11 is 0. The van der Waals surface area contributed by atoms with E-state index in [1.165, 1.54) is 12.1 Å². The van der Waals surface area contributed by atoms with E-state index in [9.17, 15) is 23.2 Å². The van der Waals surface area contributed by atoms with E-state index in [1.54, 1.807) is 12.1 Å². The van der Waals surface area contributed by atoms with Gasteiger partial charge in [0.15, 0.2) is 0 Å². The summed E-state index contributed by atoms with van der Waals surface area (Å²) in [6.07, 6.45) is 3.93. The predicted molar refractivity (Wildman–Crippen MR) is 114 cm³/mol. The third-order valence-electron chi connectivity index (χ3n) is 7.04. The molecule has 1 aromatic carbocycles. The van der Waals surface area contributed by atoms with Crippen molar-refractivity contribution in [1.29, 1.82) is 0 Å². The molecule has 1 aliphatic heterocycles. The maximum atomic E-state index is 13.0. The molecule has 0 bridgehead atoms. The highest BCUT2D eigenvalue weighted by molar-refractivity contribution is 6.09. The van der Waals surface area contributed by atoms with Gasteiger partial charge in [0.05, 0.1) is 0 Å². The molecule has 1 spiro atoms. The molecule has 1 aromatic rings. The molecule has 176 valence electrons. The molecular weight excluding hydrogens is 420 g/mol. The molecule has 2 aliphatic rings. The van der Waals surface area contributed by atoms with Crippen molar-refractivity contribution in [3.05, 3.63) is 29.8 Å². The van der Waals surface area contributed by atoms with Gasteiger partial charge in [0.25, 0.3) is 5.91 Å². The zero-order chi connectivity index (χ0) is 23.5. The monoisotopic (exact) mass is 451 g/mol. The molecule has 4 amide bonds. The maximum Gasteiger partial charge on any atom is 0.387 e. The molecule has 32 heavy (non-hydrogen) atoms. The fraction of sp³-hybridized carbons (Fsp3) is 0.609. The summed E-state index contributed by atoms with van der Waals surface area (Å²) in [6, 6.07) is 5.33. The first-order valence-corrected chi connectivity index (χ1v) is 11.0. The molecule has 1 heterocycles. The first-order chi connectivity index (χ1) is 15.1. The number of alkyl halides is 2. The normalized spacial score (nSPS) is 23.6. The number of amides is 4. The zero-order valence-corrected chi connectivity index (χ0v) is 18.7. The summed E-state index contributed by atoms with van der Waals surface area (Å²) in [5.41, 5.74) is -0.0417. The van der Waals surface area contributed by atoms with Crippen molar-refractivity contribution >= 4 is 17.8 Å². The molecule has 1 aliphatic carbocycles. The third-order valence-corrected chi connectivity index (χ3v) is 7.04. The smallest absolute Gasteiger partial charge is 0.387 e. The molecule has 2 fully saturated rings. The SMILES string of the molecule is CCC(C)(C)C1CCC2(CC1)NC(=O)N(CC(=O)NCc1ccc(OC(F)F)cc1)C2=O. The Morgan fingerprint density at radius 2 is 1.88 bits per heavy atom. The summed E-state index contributed by atoms with van der Waals surface area (Å²) in [7, 11) is 0. The van der Waals surface area contributed by atoms with Crippen LogP contribution in [0.5, 0.6) is 5.75 Å². The second-order valence-electron chi connectivity index (χ2n) is 9.32. The number of carbonyl (C=O) groups is 3. The minimum absolute atomic E-state index is 0.0248. The lowest BCUT2D eigenvalue weighted by Crippen LogP contribution is -2.51. The van der Waals surface area contributed by atoms with Crippen LogP contribution in [-0.2, 0) is 16.1 Å². The first-order valence-electron chi connectivity index (χ1n) is 11.0. The van der Waals surface area contributed by atoms with Crippen molar-refractivity contribution in [3.63, 3.8) is 0 Å². The summed E-state index contributed by atoms with van der Waals surface area (Å²) in [6.45, 7) is 3.51. The summed E-state index contributed by atoms with van der Waals surface area (Å²) in [4.78, 5) is 38.9. The zero-order valence-electron chi connectivity index (χ0n) is 18.7. The van der Waals surface area contributed by atoms with Crippen LogP contribution in [0.3, 0.4) is 0 Å². The molecular formula is C23H31F2N3O4. The Morgan fingerprint density at radius 3 is 2.44 bits per heavy atom. The van der Waals surface area contributed by atoms with Gasteiger partial charge in [-0.05, 0) is 54.7 Å². The number of nitrogens with zero attached hydrogens (tertiary/aromatic N) is 1. The lowest BCUT2D eigenvalue weighted by Gasteiger charge is -2.42. The Kier molecular flexibility index (Phi) is 7.05. The minimum atomic E-state index is -2.90. The molecule has 3 rings (SSSR count). The molecule has 0 aromatic heterocycles. The quantitative estimate of drug-likeness (QED) is 0.588. The third kappa shape index (κ3) is 5.19. The van der Waals surface area contributed by atoms with Crippen LogP contribution in [0.25, 0.3) is 0 Å². The number of halogens is 2. The lowest BCUT2D eigenvalue weighted by molar-refractivity contribution is -0.136. The van der Waals surface area contributed by atoms with E-state index in [0.717, 1.165) is 24.2 Å². The van der Waals surface area contributed by atoms with Gasteiger partial charge in [0.2, 0.25) is 5.91 Å². The molecule has 9 heteroatoms. The van der Waals surface area contributed by atoms with Crippen LogP contribution in [0.4, 0.5) is 13.6 Å². The average molecular weight is 452 g/mol. The van der Waals surface area contributed by atoms with Crippen LogP contribution in [-0.4, -0.2) is 41.4 Å². The Labute approximate surface area is 186 Å². The molecule has 7 nitrogen and oxygen atoms in total. The Morgan fingerprint density at radius 1 is 1.25 bits per heavy atom. The van der Waals surface area contributed by atoms with E-state index in [-0.39, 0.29) is 30.2 Å². The van der Waals surface area contributed by atoms with E-state index < -0.39 is 24.1 Å². The average Bonchev–Trinajstić information content (AvgIpc) is 2.97. The van der Waals surface area contributed by atoms with Crippen molar-refractivity contribution in [3.8, 4) is 5.75 Å². The van der Waals surface area contributed by atoms with Crippen molar-refractivity contribution in [1.82, 2.24) is 15.5 Å². The second kappa shape index (κ2) is 9.42. The highest BCUT2D eigenvalue weighted by atomic mass is 19.3. The summed E-state index contributed by atoms with van der Waals surface area (Å²) in [5.74, 6) is -0.285. The Hall–Kier alpha value is -2.71. The lowest BCUT2D eigenvalue weighted by atomic mass is 9.65. The van der Waals surface area contributed by atoms with E-state index >= 15 is 0 Å². The fourth-order valence-electron chi connectivity index (χ4n) is 4.53. The van der Waals surface area contributed by atoms with Crippen molar-refractivity contribution in [2.75, 3.05) is 6.54 Å². The van der Waals surface area contributed by atoms with Crippen LogP contribution in [0.1, 0.15) is 58.4 Å². The van der Waals surface area contributed by atoms with Gasteiger partial charge in [0.1, 0.15) is 17.8 Å². The van der Waals surface area contributed by atoms with Gasteiger partial charge >= 0.3 is 12.6 Å². The van der Waals surface area contributed by atoms with Gasteiger partial charge < -0.3 is 15.4 Å². The molecule has 2 N–H and O–H groups in total. The standard InChI is InChI=1S/C23H31F2N3O4/c1-4-22(2,3)16-9-11-23(12-10-16)19(30)28(21(31)27-23)14-18(29)26-13-15-5-7-17(8-6-15)32-20(24)25/h5-8,16,20H,4,9-14H2,1-3H3,(H,26,29)(H,27,31). The van der Waals surface area contributed by atoms with E-state index in [4.69, 9.17) is 0 Å². The summed E-state index contributed by atoms with van der Waals surface area (Å²) in [5, 5.41) is 5.49. The molecule has 0 atom stereocenters. The van der Waals surface area contributed by atoms with Crippen LogP contribution in [0.2, 0.25) is 0 Å². The van der Waals surface area contributed by atoms with Gasteiger partial charge in [-0.25, -0.2) is 4.79 Å². The number of hydrogen-bond acceptors (Lipinski definition) is 4. The highest BCUT2D eigenvalue weighted by Crippen LogP contribution is 2.45. The van der Waals surface area contributed by atoms with Crippen LogP contribution in [0, 0.1) is 11.3 Å². The first kappa shape index (κ1) is 23.9. The van der Waals surface area contributed by atoms with Crippen molar-refractivity contribution in [2.45, 2.75) is 71.6 Å². The van der Waals surface area contributed by atoms with E-state index in [0.29, 0.717) is 24.3 Å². The van der Waals surface area contributed by atoms with Gasteiger partial charge in [-0.15, -0.1) is 0 Å². The Balaban J connectivity index is 1.52. The topological polar surface area (TPSA) is 87.7 Å².